The first-order valence-electron chi connectivity index (χ1n) is 5.45. The van der Waals surface area contributed by atoms with E-state index >= 15 is 0 Å². The van der Waals surface area contributed by atoms with E-state index in [1.807, 2.05) is 6.92 Å². The number of nitrogens with zero attached hydrogens (tertiary/aromatic N) is 2. The minimum atomic E-state index is 0.567. The third kappa shape index (κ3) is 3.61. The Balaban J connectivity index is 2.41. The summed E-state index contributed by atoms with van der Waals surface area (Å²) < 4.78 is 3.21. The van der Waals surface area contributed by atoms with E-state index in [-0.39, 0.29) is 0 Å². The van der Waals surface area contributed by atoms with E-state index in [0.29, 0.717) is 6.04 Å². The molecule has 0 fully saturated rings. The van der Waals surface area contributed by atoms with Gasteiger partial charge in [0.25, 0.3) is 0 Å². The molecular weight excluding hydrogens is 254 g/mol. The number of nitrogens with one attached hydrogen (secondary N) is 1. The molecule has 3 nitrogen and oxygen atoms in total. The maximum absolute atomic E-state index is 4.47. The zero-order valence-electron chi connectivity index (χ0n) is 9.97. The minimum Gasteiger partial charge on any atom is -0.314 e. The molecule has 0 saturated carbocycles. The Morgan fingerprint density at radius 2 is 2.07 bits per heavy atom. The Morgan fingerprint density at radius 3 is 2.53 bits per heavy atom. The zero-order chi connectivity index (χ0) is 11.4. The molecule has 0 amide bonds. The number of hydrogen-bond acceptors (Lipinski definition) is 2. The topological polar surface area (TPSA) is 29.9 Å². The van der Waals surface area contributed by atoms with Crippen molar-refractivity contribution in [2.24, 2.45) is 0 Å². The molecule has 0 spiro atoms. The number of aryl methyl sites for hydroxylation is 2. The average Bonchev–Trinajstić information content (AvgIpc) is 2.41. The second-order valence-corrected chi connectivity index (χ2v) is 4.96. The maximum atomic E-state index is 4.47. The summed E-state index contributed by atoms with van der Waals surface area (Å²) in [7, 11) is 0. The fraction of sp³-hybridized carbons (Fsp3) is 0.727. The van der Waals surface area contributed by atoms with Crippen LogP contribution in [0.5, 0.6) is 0 Å². The van der Waals surface area contributed by atoms with Gasteiger partial charge in [0.15, 0.2) is 0 Å². The van der Waals surface area contributed by atoms with E-state index in [2.05, 4.69) is 51.8 Å². The highest BCUT2D eigenvalue weighted by molar-refractivity contribution is 9.10. The Hall–Kier alpha value is -0.350. The maximum Gasteiger partial charge on any atom is 0.0738 e. The van der Waals surface area contributed by atoms with Crippen LogP contribution in [0.15, 0.2) is 4.47 Å². The molecule has 0 aliphatic rings. The van der Waals surface area contributed by atoms with Crippen LogP contribution >= 0.6 is 15.9 Å². The van der Waals surface area contributed by atoms with E-state index < -0.39 is 0 Å². The van der Waals surface area contributed by atoms with Gasteiger partial charge in [0, 0.05) is 18.3 Å². The molecule has 1 aromatic rings. The highest BCUT2D eigenvalue weighted by Gasteiger charge is 2.07. The quantitative estimate of drug-likeness (QED) is 0.836. The van der Waals surface area contributed by atoms with Crippen LogP contribution in [0, 0.1) is 13.8 Å². The zero-order valence-corrected chi connectivity index (χ0v) is 11.6. The molecule has 0 atom stereocenters. The molecule has 0 unspecified atom stereocenters. The molecule has 0 radical (unpaired) electrons. The second-order valence-electron chi connectivity index (χ2n) is 4.17. The molecule has 0 saturated heterocycles. The molecule has 0 aromatic carbocycles. The fourth-order valence-corrected chi connectivity index (χ4v) is 1.80. The molecule has 1 heterocycles. The van der Waals surface area contributed by atoms with Crippen molar-refractivity contribution >= 4 is 15.9 Å². The fourth-order valence-electron chi connectivity index (χ4n) is 1.51. The molecule has 1 aromatic heterocycles. The molecular formula is C11H20BrN3. The van der Waals surface area contributed by atoms with Gasteiger partial charge in [-0.3, -0.25) is 4.68 Å². The molecule has 4 heteroatoms. The van der Waals surface area contributed by atoms with Crippen molar-refractivity contribution in [2.45, 2.75) is 46.7 Å². The van der Waals surface area contributed by atoms with Gasteiger partial charge in [-0.25, -0.2) is 0 Å². The van der Waals surface area contributed by atoms with Gasteiger partial charge in [0.05, 0.1) is 10.2 Å². The van der Waals surface area contributed by atoms with Crippen molar-refractivity contribution in [2.75, 3.05) is 6.54 Å². The number of rotatable bonds is 5. The summed E-state index contributed by atoms with van der Waals surface area (Å²) in [6, 6.07) is 0.567. The first-order valence-corrected chi connectivity index (χ1v) is 6.24. The lowest BCUT2D eigenvalue weighted by atomic mass is 10.3. The van der Waals surface area contributed by atoms with Crippen LogP contribution in [-0.4, -0.2) is 22.4 Å². The van der Waals surface area contributed by atoms with Gasteiger partial charge >= 0.3 is 0 Å². The molecule has 15 heavy (non-hydrogen) atoms. The Labute approximate surface area is 100 Å². The van der Waals surface area contributed by atoms with Gasteiger partial charge in [-0.2, -0.15) is 5.10 Å². The first-order chi connectivity index (χ1) is 7.02. The van der Waals surface area contributed by atoms with E-state index in [4.69, 9.17) is 0 Å². The SMILES string of the molecule is Cc1nn(CCCNC(C)C)c(C)c1Br. The van der Waals surface area contributed by atoms with Crippen LogP contribution in [-0.2, 0) is 6.54 Å². The summed E-state index contributed by atoms with van der Waals surface area (Å²) in [6.45, 7) is 10.5. The standard InChI is InChI=1S/C11H20BrN3/c1-8(2)13-6-5-7-15-10(4)11(12)9(3)14-15/h8,13H,5-7H2,1-4H3. The Kier molecular flexibility index (Phi) is 4.80. The van der Waals surface area contributed by atoms with Gasteiger partial charge in [-0.05, 0) is 42.7 Å². The van der Waals surface area contributed by atoms with Gasteiger partial charge in [0.2, 0.25) is 0 Å². The van der Waals surface area contributed by atoms with Crippen LogP contribution in [0.1, 0.15) is 31.7 Å². The number of hydrogen-bond donors (Lipinski definition) is 1. The van der Waals surface area contributed by atoms with E-state index in [9.17, 15) is 0 Å². The lowest BCUT2D eigenvalue weighted by Crippen LogP contribution is -2.24. The normalized spacial score (nSPS) is 11.3. The largest absolute Gasteiger partial charge is 0.314 e. The molecule has 86 valence electrons. The van der Waals surface area contributed by atoms with Crippen molar-refractivity contribution in [1.29, 1.82) is 0 Å². The highest BCUT2D eigenvalue weighted by atomic mass is 79.9. The van der Waals surface area contributed by atoms with Crippen molar-refractivity contribution in [1.82, 2.24) is 15.1 Å². The van der Waals surface area contributed by atoms with Gasteiger partial charge in [0.1, 0.15) is 0 Å². The van der Waals surface area contributed by atoms with E-state index in [1.165, 1.54) is 5.69 Å². The lowest BCUT2D eigenvalue weighted by Gasteiger charge is -2.08. The van der Waals surface area contributed by atoms with Crippen LogP contribution in [0.3, 0.4) is 0 Å². The summed E-state index contributed by atoms with van der Waals surface area (Å²) >= 11 is 3.53. The van der Waals surface area contributed by atoms with E-state index in [0.717, 1.165) is 29.7 Å². The predicted octanol–water partition coefficient (Wildman–Crippen LogP) is 2.65. The summed E-state index contributed by atoms with van der Waals surface area (Å²) in [4.78, 5) is 0. The summed E-state index contributed by atoms with van der Waals surface area (Å²) in [5.41, 5.74) is 2.29. The third-order valence-electron chi connectivity index (χ3n) is 2.39. The van der Waals surface area contributed by atoms with Crippen molar-refractivity contribution < 1.29 is 0 Å². The Bertz CT molecular complexity index is 318. The van der Waals surface area contributed by atoms with Crippen molar-refractivity contribution in [3.63, 3.8) is 0 Å². The summed E-state index contributed by atoms with van der Waals surface area (Å²) in [6.07, 6.45) is 1.12. The van der Waals surface area contributed by atoms with Crippen molar-refractivity contribution in [3.05, 3.63) is 15.9 Å². The highest BCUT2D eigenvalue weighted by Crippen LogP contribution is 2.19. The first kappa shape index (κ1) is 12.7. The second kappa shape index (κ2) is 5.66. The Morgan fingerprint density at radius 1 is 1.40 bits per heavy atom. The number of aromatic nitrogens is 2. The predicted molar refractivity (Wildman–Crippen MR) is 67.2 cm³/mol. The lowest BCUT2D eigenvalue weighted by molar-refractivity contribution is 0.506. The summed E-state index contributed by atoms with van der Waals surface area (Å²) in [5, 5.41) is 7.87. The molecule has 0 aliphatic carbocycles. The van der Waals surface area contributed by atoms with Crippen LogP contribution < -0.4 is 5.32 Å². The minimum absolute atomic E-state index is 0.567. The van der Waals surface area contributed by atoms with Crippen LogP contribution in [0.2, 0.25) is 0 Å². The van der Waals surface area contributed by atoms with Gasteiger partial charge < -0.3 is 5.32 Å². The van der Waals surface area contributed by atoms with Gasteiger partial charge in [-0.15, -0.1) is 0 Å². The van der Waals surface area contributed by atoms with Crippen LogP contribution in [0.4, 0.5) is 0 Å². The molecule has 0 bridgehead atoms. The van der Waals surface area contributed by atoms with Crippen LogP contribution in [0.25, 0.3) is 0 Å². The molecule has 0 aliphatic heterocycles. The monoisotopic (exact) mass is 273 g/mol. The summed E-state index contributed by atoms with van der Waals surface area (Å²) in [5.74, 6) is 0. The third-order valence-corrected chi connectivity index (χ3v) is 3.54. The van der Waals surface area contributed by atoms with Gasteiger partial charge in [-0.1, -0.05) is 13.8 Å². The molecule has 1 rings (SSSR count). The molecule has 1 N–H and O–H groups in total. The smallest absolute Gasteiger partial charge is 0.0738 e. The number of halogens is 1. The van der Waals surface area contributed by atoms with Crippen molar-refractivity contribution in [3.8, 4) is 0 Å². The van der Waals surface area contributed by atoms with E-state index in [1.54, 1.807) is 0 Å². The average molecular weight is 274 g/mol.